The molecule has 3 aromatic rings. The van der Waals surface area contributed by atoms with Crippen LogP contribution in [0.4, 0.5) is 5.69 Å². The topological polar surface area (TPSA) is 131 Å². The molecule has 3 aromatic carbocycles. The summed E-state index contributed by atoms with van der Waals surface area (Å²) in [5.74, 6) is -0.335. The number of nitro benzene ring substituents is 1. The van der Waals surface area contributed by atoms with Crippen LogP contribution < -0.4 is 9.47 Å². The van der Waals surface area contributed by atoms with Gasteiger partial charge in [-0.05, 0) is 48.9 Å². The summed E-state index contributed by atoms with van der Waals surface area (Å²) in [5.41, 5.74) is 1.39. The molecule has 38 heavy (non-hydrogen) atoms. The van der Waals surface area contributed by atoms with Gasteiger partial charge >= 0.3 is 5.97 Å². The molecular weight excluding hydrogens is 494 g/mol. The van der Waals surface area contributed by atoms with Gasteiger partial charge in [0.2, 0.25) is 0 Å². The summed E-state index contributed by atoms with van der Waals surface area (Å²) in [4.78, 5) is 50.3. The van der Waals surface area contributed by atoms with Crippen molar-refractivity contribution in [2.75, 3.05) is 14.2 Å². The van der Waals surface area contributed by atoms with Crippen molar-refractivity contribution >= 4 is 34.0 Å². The molecule has 0 bridgehead atoms. The van der Waals surface area contributed by atoms with Gasteiger partial charge in [0.1, 0.15) is 18.1 Å². The van der Waals surface area contributed by atoms with Gasteiger partial charge in [0.15, 0.2) is 17.7 Å². The monoisotopic (exact) mass is 517 g/mol. The maximum absolute atomic E-state index is 13.6. The first-order valence-electron chi connectivity index (χ1n) is 11.8. The van der Waals surface area contributed by atoms with Crippen LogP contribution in [-0.2, 0) is 20.9 Å². The summed E-state index contributed by atoms with van der Waals surface area (Å²) in [7, 11) is 3.04. The number of esters is 1. The standard InChI is InChI=1S/C28H23NO9/c1-14-25-21(12-24(38-14)28(32)37-13-15-4-6-16(7-5-15)29(33)34)26(30)19-10-17-18(11-20(19)27(25)31)23(36-3)9-8-22(17)35-2/h4-11,14,24H,12-13H2,1-3H3/t14-,24+/m1/s1. The van der Waals surface area contributed by atoms with E-state index in [0.29, 0.717) is 27.8 Å². The summed E-state index contributed by atoms with van der Waals surface area (Å²) in [6.45, 7) is 1.49. The van der Waals surface area contributed by atoms with Gasteiger partial charge in [-0.15, -0.1) is 0 Å². The number of fused-ring (bicyclic) bond motifs is 2. The van der Waals surface area contributed by atoms with E-state index in [1.54, 1.807) is 31.2 Å². The van der Waals surface area contributed by atoms with E-state index in [0.717, 1.165) is 0 Å². The molecule has 1 aliphatic carbocycles. The van der Waals surface area contributed by atoms with Gasteiger partial charge in [-0.3, -0.25) is 19.7 Å². The van der Waals surface area contributed by atoms with E-state index < -0.39 is 23.1 Å². The molecule has 0 saturated carbocycles. The Labute approximate surface area is 216 Å². The van der Waals surface area contributed by atoms with Crippen molar-refractivity contribution in [3.63, 3.8) is 0 Å². The first kappa shape index (κ1) is 25.1. The molecule has 10 heteroatoms. The molecule has 0 spiro atoms. The summed E-state index contributed by atoms with van der Waals surface area (Å²) in [6, 6.07) is 12.3. The lowest BCUT2D eigenvalue weighted by molar-refractivity contribution is -0.384. The van der Waals surface area contributed by atoms with Crippen molar-refractivity contribution in [3.8, 4) is 11.5 Å². The van der Waals surface area contributed by atoms with Crippen molar-refractivity contribution in [1.29, 1.82) is 0 Å². The van der Waals surface area contributed by atoms with Gasteiger partial charge < -0.3 is 18.9 Å². The lowest BCUT2D eigenvalue weighted by Crippen LogP contribution is -2.41. The Morgan fingerprint density at radius 1 is 0.974 bits per heavy atom. The van der Waals surface area contributed by atoms with Crippen LogP contribution in [0.1, 0.15) is 39.6 Å². The Hall–Kier alpha value is -4.57. The van der Waals surface area contributed by atoms with Crippen molar-refractivity contribution in [2.45, 2.75) is 32.2 Å². The smallest absolute Gasteiger partial charge is 0.335 e. The number of ketones is 2. The number of hydrogen-bond acceptors (Lipinski definition) is 9. The minimum atomic E-state index is -1.09. The van der Waals surface area contributed by atoms with Crippen LogP contribution in [0.25, 0.3) is 10.8 Å². The van der Waals surface area contributed by atoms with Crippen molar-refractivity contribution in [1.82, 2.24) is 0 Å². The number of ether oxygens (including phenoxy) is 4. The number of benzene rings is 3. The van der Waals surface area contributed by atoms with Gasteiger partial charge in [-0.25, -0.2) is 4.79 Å². The average Bonchev–Trinajstić information content (AvgIpc) is 2.92. The molecule has 0 unspecified atom stereocenters. The third-order valence-electron chi connectivity index (χ3n) is 6.80. The number of hydrogen-bond donors (Lipinski definition) is 0. The molecule has 0 amide bonds. The second-order valence-electron chi connectivity index (χ2n) is 8.97. The Bertz CT molecular complexity index is 1540. The van der Waals surface area contributed by atoms with Gasteiger partial charge in [0.25, 0.3) is 5.69 Å². The highest BCUT2D eigenvalue weighted by Gasteiger charge is 2.42. The molecule has 0 radical (unpaired) electrons. The van der Waals surface area contributed by atoms with E-state index >= 15 is 0 Å². The number of Topliss-reactive ketones (excluding diaryl/α,β-unsaturated/α-hetero) is 2. The molecule has 1 aliphatic heterocycles. The third kappa shape index (κ3) is 4.18. The maximum Gasteiger partial charge on any atom is 0.335 e. The van der Waals surface area contributed by atoms with E-state index in [4.69, 9.17) is 18.9 Å². The number of methoxy groups -OCH3 is 2. The molecule has 0 aromatic heterocycles. The summed E-state index contributed by atoms with van der Waals surface area (Å²) in [5, 5.41) is 12.1. The van der Waals surface area contributed by atoms with E-state index in [-0.39, 0.29) is 52.6 Å². The molecule has 194 valence electrons. The van der Waals surface area contributed by atoms with Crippen molar-refractivity contribution in [3.05, 3.63) is 86.5 Å². The lowest BCUT2D eigenvalue weighted by atomic mass is 9.77. The number of non-ortho nitro benzene ring substituents is 1. The highest BCUT2D eigenvalue weighted by atomic mass is 16.6. The minimum Gasteiger partial charge on any atom is -0.496 e. The summed E-state index contributed by atoms with van der Waals surface area (Å²) in [6.07, 6.45) is -2.02. The number of nitrogens with zero attached hydrogens (tertiary/aromatic N) is 1. The van der Waals surface area contributed by atoms with Crippen LogP contribution in [0.3, 0.4) is 0 Å². The first-order chi connectivity index (χ1) is 18.2. The molecular formula is C28H23NO9. The van der Waals surface area contributed by atoms with Crippen LogP contribution in [0.2, 0.25) is 0 Å². The molecule has 5 rings (SSSR count). The zero-order valence-corrected chi connectivity index (χ0v) is 20.8. The first-order valence-corrected chi connectivity index (χ1v) is 11.8. The van der Waals surface area contributed by atoms with Gasteiger partial charge in [0, 0.05) is 51.6 Å². The van der Waals surface area contributed by atoms with E-state index in [1.165, 1.54) is 38.5 Å². The highest BCUT2D eigenvalue weighted by molar-refractivity contribution is 6.29. The zero-order valence-electron chi connectivity index (χ0n) is 20.8. The van der Waals surface area contributed by atoms with Gasteiger partial charge in [-0.1, -0.05) is 0 Å². The number of nitro groups is 1. The van der Waals surface area contributed by atoms with Crippen LogP contribution in [0.15, 0.2) is 59.7 Å². The Morgan fingerprint density at radius 3 is 2.11 bits per heavy atom. The number of rotatable bonds is 6. The van der Waals surface area contributed by atoms with Crippen LogP contribution in [0, 0.1) is 10.1 Å². The summed E-state index contributed by atoms with van der Waals surface area (Å²) < 4.78 is 22.1. The molecule has 2 aliphatic rings. The normalized spacial score (nSPS) is 18.6. The van der Waals surface area contributed by atoms with Crippen molar-refractivity contribution < 1.29 is 38.3 Å². The maximum atomic E-state index is 13.6. The fraction of sp³-hybridized carbons (Fsp3) is 0.250. The SMILES string of the molecule is COc1ccc(OC)c2cc3c(cc12)C(=O)C1=C(C3=O)[C@@H](C)O[C@H](C(=O)OCc2ccc([N+](=O)[O-])cc2)C1. The quantitative estimate of drug-likeness (QED) is 0.266. The minimum absolute atomic E-state index is 0.0754. The predicted octanol–water partition coefficient (Wildman–Crippen LogP) is 4.36. The Morgan fingerprint density at radius 2 is 1.55 bits per heavy atom. The molecule has 0 fully saturated rings. The van der Waals surface area contributed by atoms with E-state index in [2.05, 4.69) is 0 Å². The van der Waals surface area contributed by atoms with Crippen LogP contribution in [-0.4, -0.2) is 48.9 Å². The highest BCUT2D eigenvalue weighted by Crippen LogP contribution is 2.41. The average molecular weight is 517 g/mol. The van der Waals surface area contributed by atoms with Gasteiger partial charge in [-0.2, -0.15) is 0 Å². The fourth-order valence-electron chi connectivity index (χ4n) is 4.92. The third-order valence-corrected chi connectivity index (χ3v) is 6.80. The fourth-order valence-corrected chi connectivity index (χ4v) is 4.92. The molecule has 1 heterocycles. The zero-order chi connectivity index (χ0) is 27.1. The Kier molecular flexibility index (Phi) is 6.41. The summed E-state index contributed by atoms with van der Waals surface area (Å²) >= 11 is 0. The Balaban J connectivity index is 1.42. The molecule has 2 atom stereocenters. The lowest BCUT2D eigenvalue weighted by Gasteiger charge is -2.33. The number of carbonyl (C=O) groups excluding carboxylic acids is 3. The van der Waals surface area contributed by atoms with E-state index in [1.807, 2.05) is 0 Å². The van der Waals surface area contributed by atoms with E-state index in [9.17, 15) is 24.5 Å². The predicted molar refractivity (Wildman–Crippen MR) is 135 cm³/mol. The second kappa shape index (κ2) is 9.71. The van der Waals surface area contributed by atoms with Crippen LogP contribution in [0.5, 0.6) is 11.5 Å². The number of carbonyl (C=O) groups is 3. The second-order valence-corrected chi connectivity index (χ2v) is 8.97. The largest absolute Gasteiger partial charge is 0.496 e. The van der Waals surface area contributed by atoms with Crippen LogP contribution >= 0.6 is 0 Å². The van der Waals surface area contributed by atoms with Crippen molar-refractivity contribution in [2.24, 2.45) is 0 Å². The molecule has 10 nitrogen and oxygen atoms in total. The van der Waals surface area contributed by atoms with Gasteiger partial charge in [0.05, 0.1) is 25.2 Å². The molecule has 0 N–H and O–H groups in total. The molecule has 0 saturated heterocycles.